The number of aliphatic hydroxyl groups excluding tert-OH is 18. The number of nitrogens with two attached hydrogens (primary N) is 2. The molecule has 136 heavy (non-hydrogen) atoms. The Morgan fingerprint density at radius 3 is 1.62 bits per heavy atom. The fraction of sp³-hybridized carbons (Fsp3) is 0.449. The van der Waals surface area contributed by atoms with E-state index >= 15 is 0 Å². The van der Waals surface area contributed by atoms with Crippen molar-refractivity contribution >= 4 is 64.6 Å². The first-order chi connectivity index (χ1) is 64.7. The lowest BCUT2D eigenvalue weighted by Crippen LogP contribution is -2.62. The normalized spacial score (nSPS) is 34.2. The van der Waals surface area contributed by atoms with Gasteiger partial charge in [0.2, 0.25) is 53.7 Å². The average molecular weight is 1940 g/mol. The zero-order chi connectivity index (χ0) is 97.8. The molecule has 7 aromatic rings. The molecule has 11 bridgehead atoms. The molecule has 732 valence electrons. The quantitative estimate of drug-likeness (QED) is 0.0433. The minimum absolute atomic E-state index is 0.0164. The van der Waals surface area contributed by atoms with Gasteiger partial charge >= 0.3 is 5.97 Å². The number of aliphatic hydroxyl groups is 18. The van der Waals surface area contributed by atoms with Crippen LogP contribution in [-0.2, 0) is 42.7 Å². The SMILES string of the molecule is CN[C@@H](C(O)=N[C@H]1C(O)=N[C@@H](c2ccc(O)c(Cl)c2)C(O)=N[C@H]2C(O)=N[C@H]3C(O)=N[C@H](C(O)=N[C@@H](C(=O)O)c4cc(O)cc(O)c4-c4cc3ccc4O)[C@H](OC3CC(N)C(O)C(C)O3)c3ccc(c(Cl)c3)Oc3cc2cc(c3OC2OC(CO)C(O)C(O)C2OC2CC(N)C(O)C(C)O2)Oc2ccc(cc2)[C@H]1OC1OC(CO)C(O)C(O)C1O)c1ccc(OC2OC(C)C(O)C(O)C2O)cc1. The lowest BCUT2D eigenvalue weighted by Gasteiger charge is -2.44. The van der Waals surface area contributed by atoms with Crippen LogP contribution >= 0.6 is 23.2 Å². The van der Waals surface area contributed by atoms with Gasteiger partial charge in [-0.25, -0.2) is 34.7 Å². The lowest BCUT2D eigenvalue weighted by atomic mass is 9.90. The summed E-state index contributed by atoms with van der Waals surface area (Å²) in [5.41, 5.74) is 9.74. The molecule has 10 aliphatic rings. The van der Waals surface area contributed by atoms with Crippen LogP contribution in [0.5, 0.6) is 57.5 Å². The third-order valence-corrected chi connectivity index (χ3v) is 25.0. The molecule has 0 aromatic heterocycles. The number of aliphatic carboxylic acids is 1. The van der Waals surface area contributed by atoms with Crippen LogP contribution in [-0.4, -0.2) is 332 Å². The van der Waals surface area contributed by atoms with Gasteiger partial charge < -0.3 is 191 Å². The van der Waals surface area contributed by atoms with Crippen molar-refractivity contribution in [2.45, 2.75) is 229 Å². The van der Waals surface area contributed by atoms with E-state index in [9.17, 15) is 122 Å². The Kier molecular flexibility index (Phi) is 30.2. The van der Waals surface area contributed by atoms with E-state index in [2.05, 4.69) is 30.3 Å². The van der Waals surface area contributed by atoms with Crippen molar-refractivity contribution in [3.8, 4) is 68.6 Å². The number of aromatic hydroxyl groups is 4. The Morgan fingerprint density at radius 1 is 0.478 bits per heavy atom. The van der Waals surface area contributed by atoms with Crippen LogP contribution in [0.3, 0.4) is 0 Å². The van der Waals surface area contributed by atoms with Gasteiger partial charge in [0.05, 0.1) is 53.8 Å². The molecule has 0 spiro atoms. The first-order valence-electron chi connectivity index (χ1n) is 42.7. The fourth-order valence-corrected chi connectivity index (χ4v) is 17.3. The number of hydrogen-bond donors (Lipinski definition) is 26. The molecule has 17 rings (SSSR count). The second-order valence-electron chi connectivity index (χ2n) is 33.6. The van der Waals surface area contributed by atoms with Crippen LogP contribution in [0.4, 0.5) is 0 Å². The number of carboxylic acids is 1. The van der Waals surface area contributed by atoms with Crippen LogP contribution in [0, 0.1) is 0 Å². The molecule has 0 radical (unpaired) electrons. The average Bonchev–Trinajstić information content (AvgIpc) is 0.757. The highest BCUT2D eigenvalue weighted by molar-refractivity contribution is 6.32. The van der Waals surface area contributed by atoms with Crippen LogP contribution in [0.25, 0.3) is 11.1 Å². The number of carboxylic acid groups (broad SMARTS) is 1. The summed E-state index contributed by atoms with van der Waals surface area (Å²) in [6.07, 6.45) is -40.0. The molecule has 7 aromatic carbocycles. The van der Waals surface area contributed by atoms with Gasteiger partial charge in [0.15, 0.2) is 72.7 Å². The number of phenols is 4. The van der Waals surface area contributed by atoms with Crippen LogP contribution in [0.2, 0.25) is 10.0 Å². The molecule has 23 unspecified atom stereocenters. The minimum atomic E-state index is -2.48. The zero-order valence-electron chi connectivity index (χ0n) is 72.1. The van der Waals surface area contributed by atoms with E-state index in [1.54, 1.807) is 0 Å². The molecule has 32 atom stereocenters. The van der Waals surface area contributed by atoms with Crippen LogP contribution in [0.15, 0.2) is 157 Å². The topological polar surface area (TPSA) is 731 Å². The van der Waals surface area contributed by atoms with E-state index in [0.29, 0.717) is 0 Å². The molecular weight excluding hydrogens is 1840 g/mol. The maximum absolute atomic E-state index is 13.8. The predicted molar refractivity (Wildman–Crippen MR) is 473 cm³/mol. The number of likely N-dealkylation sites (N-methyl/N-ethyl adjacent to an activating group) is 1. The van der Waals surface area contributed by atoms with Gasteiger partial charge in [0.1, 0.15) is 120 Å². The molecular formula is C89H101Cl2N9O36. The van der Waals surface area contributed by atoms with Crippen molar-refractivity contribution in [1.29, 1.82) is 0 Å². The minimum Gasteiger partial charge on any atom is -0.508 e. The van der Waals surface area contributed by atoms with Crippen molar-refractivity contribution in [3.63, 3.8) is 0 Å². The Balaban J connectivity index is 1.01. The van der Waals surface area contributed by atoms with E-state index in [1.807, 2.05) is 0 Å². The summed E-state index contributed by atoms with van der Waals surface area (Å²) >= 11 is 14.2. The van der Waals surface area contributed by atoms with Crippen molar-refractivity contribution in [2.75, 3.05) is 20.3 Å². The molecule has 5 fully saturated rings. The number of carbonyl (C=O) groups is 1. The third kappa shape index (κ3) is 20.6. The Bertz CT molecular complexity index is 5670. The molecule has 0 aliphatic carbocycles. The highest BCUT2D eigenvalue weighted by Gasteiger charge is 2.53. The summed E-state index contributed by atoms with van der Waals surface area (Å²) < 4.78 is 76.3. The summed E-state index contributed by atoms with van der Waals surface area (Å²) in [5.74, 6) is -15.3. The van der Waals surface area contributed by atoms with E-state index in [-0.39, 0.29) is 52.2 Å². The van der Waals surface area contributed by atoms with Crippen molar-refractivity contribution < 1.29 is 179 Å². The molecule has 10 aliphatic heterocycles. The second-order valence-corrected chi connectivity index (χ2v) is 34.4. The van der Waals surface area contributed by atoms with Gasteiger partial charge in [-0.05, 0) is 140 Å². The molecule has 5 saturated heterocycles. The highest BCUT2D eigenvalue weighted by Crippen LogP contribution is 2.52. The Hall–Kier alpha value is -11.1. The van der Waals surface area contributed by atoms with Gasteiger partial charge in [0, 0.05) is 47.7 Å². The van der Waals surface area contributed by atoms with Gasteiger partial charge in [0.25, 0.3) is 0 Å². The molecule has 47 heteroatoms. The second kappa shape index (κ2) is 41.3. The molecule has 0 saturated carbocycles. The smallest absolute Gasteiger partial charge is 0.333 e. The zero-order valence-corrected chi connectivity index (χ0v) is 73.6. The number of phenolic OH excluding ortho intramolecular Hbond substituents is 4. The number of fused-ring (bicyclic) bond motifs is 12. The Labute approximate surface area is 781 Å². The fourth-order valence-electron chi connectivity index (χ4n) is 16.9. The molecule has 28 N–H and O–H groups in total. The third-order valence-electron chi connectivity index (χ3n) is 24.4. The van der Waals surface area contributed by atoms with E-state index in [1.165, 1.54) is 88.5 Å². The number of nitrogens with zero attached hydrogens (tertiary/aromatic N) is 6. The number of aliphatic imine (C=N–C) groups is 6. The van der Waals surface area contributed by atoms with Crippen molar-refractivity contribution in [2.24, 2.45) is 41.4 Å². The first kappa shape index (κ1) is 99.4. The van der Waals surface area contributed by atoms with Gasteiger partial charge in [-0.3, -0.25) is 0 Å². The van der Waals surface area contributed by atoms with Gasteiger partial charge in [-0.15, -0.1) is 0 Å². The lowest BCUT2D eigenvalue weighted by molar-refractivity contribution is -0.330. The maximum Gasteiger partial charge on any atom is 0.333 e. The number of ether oxygens (including phenoxy) is 12. The van der Waals surface area contributed by atoms with Crippen molar-refractivity contribution in [1.82, 2.24) is 5.32 Å². The summed E-state index contributed by atoms with van der Waals surface area (Å²) in [5, 5.41) is 273. The molecule has 10 heterocycles. The summed E-state index contributed by atoms with van der Waals surface area (Å²) in [4.78, 5) is 41.3. The van der Waals surface area contributed by atoms with Crippen LogP contribution in [0.1, 0.15) is 115 Å². The van der Waals surface area contributed by atoms with Crippen LogP contribution < -0.4 is 35.7 Å². The summed E-state index contributed by atoms with van der Waals surface area (Å²) in [6.45, 7) is 2.30. The van der Waals surface area contributed by atoms with E-state index < -0.39 is 329 Å². The first-order valence-corrected chi connectivity index (χ1v) is 43.5. The number of nitrogens with one attached hydrogen (secondary N) is 1. The van der Waals surface area contributed by atoms with Crippen molar-refractivity contribution in [3.05, 3.63) is 176 Å². The Morgan fingerprint density at radius 2 is 1.01 bits per heavy atom. The highest BCUT2D eigenvalue weighted by atomic mass is 35.5. The number of rotatable bonds is 18. The number of benzene rings is 7. The van der Waals surface area contributed by atoms with Gasteiger partial charge in [-0.1, -0.05) is 65.7 Å². The van der Waals surface area contributed by atoms with Gasteiger partial charge in [-0.2, -0.15) is 0 Å². The maximum atomic E-state index is 13.8. The molecule has 45 nitrogen and oxygen atoms in total. The molecule has 0 amide bonds. The summed E-state index contributed by atoms with van der Waals surface area (Å²) in [6, 6.07) is 6.23. The number of hydrogen-bond acceptors (Lipinski definition) is 38. The predicted octanol–water partition coefficient (Wildman–Crippen LogP) is 3.17. The largest absolute Gasteiger partial charge is 0.508 e. The summed E-state index contributed by atoms with van der Waals surface area (Å²) in [7, 11) is 1.37. The van der Waals surface area contributed by atoms with E-state index in [4.69, 9.17) is 96.5 Å². The number of halogens is 2. The monoisotopic (exact) mass is 1940 g/mol. The van der Waals surface area contributed by atoms with E-state index in [0.717, 1.165) is 66.7 Å². The standard InChI is InChI=1S/C89H101Cl2N9O36/c1-30-66(107)46(92)26-56(125-30)133-77-37-11-18-51(45(91)21-37)130-53-23-38-22-52(78(53)136-89-79(73(114)70(111)55(29-102)132-89)134-57-27-47(93)67(108)31(2)126-57)128-40-14-7-34(8-15-40)76(135-88-75(116)72(113)69(110)54(28-101)131-88)64(99-80(117)59(94-4)33-5-12-41(13-6-33)129-87-74(115)71(112)68(109)32(3)127-87)84(121)96-61(36-10-17-49(105)44(90)20-36)81(118)97-62(38)83(120)95-60-35-9-16-48(104)42(19-35)58-43(24-39(103)25-50(58)106)63(86(123)124)98-85(122)65(77)100-82(60)119/h5-25,30-32,46-47,54-57,59-77,79,87-89,94,101-116H,26-29,92-93H2,1-4H3,(H,95,120)(H,96,121)(H,97,118)(H,98,122)(H,99,117)(H,100,119)(H,123,124)/t30?,31?,32?,46?,47?,54?,55?,56?,57?,59-,60-,61+,62-,63-,64-,65+,66?,67?,68?,69?,70?,71?,72?,73?,74?,75?,76-,77-,79?,87?,88?,89?/m1/s1.